The molecule has 2 aromatic carbocycles. The van der Waals surface area contributed by atoms with E-state index in [2.05, 4.69) is 20.2 Å². The van der Waals surface area contributed by atoms with E-state index in [1.807, 2.05) is 37.4 Å². The van der Waals surface area contributed by atoms with Crippen molar-refractivity contribution in [1.29, 1.82) is 0 Å². The molecule has 1 heterocycles. The van der Waals surface area contributed by atoms with Crippen LogP contribution in [0.2, 0.25) is 0 Å². The molecule has 28 heavy (non-hydrogen) atoms. The Labute approximate surface area is 167 Å². The second-order valence-corrected chi connectivity index (χ2v) is 8.71. The van der Waals surface area contributed by atoms with Gasteiger partial charge in [0.1, 0.15) is 0 Å². The number of thioether (sulfide) groups is 1. The van der Waals surface area contributed by atoms with Crippen molar-refractivity contribution in [2.24, 2.45) is 7.05 Å². The van der Waals surface area contributed by atoms with Gasteiger partial charge in [-0.15, -0.1) is 10.2 Å². The molecule has 146 valence electrons. The van der Waals surface area contributed by atoms with Crippen molar-refractivity contribution in [2.45, 2.75) is 5.16 Å². The van der Waals surface area contributed by atoms with E-state index in [0.717, 1.165) is 17.5 Å². The van der Waals surface area contributed by atoms with Crippen LogP contribution in [0.4, 0.5) is 11.4 Å². The number of para-hydroxylation sites is 1. The van der Waals surface area contributed by atoms with Crippen LogP contribution in [0.3, 0.4) is 0 Å². The molecule has 2 N–H and O–H groups in total. The van der Waals surface area contributed by atoms with Gasteiger partial charge in [0.2, 0.25) is 15.9 Å². The molecular weight excluding hydrogens is 398 g/mol. The van der Waals surface area contributed by atoms with Crippen LogP contribution in [0.5, 0.6) is 0 Å². The molecule has 0 radical (unpaired) electrons. The standard InChI is InChI=1S/C18H19N5O3S2/c1-23-17(13-8-10-15(11-9-13)22-28(2,25)26)20-21-18(23)27-12-16(24)19-14-6-4-3-5-7-14/h3-11,22H,12H2,1-2H3,(H,19,24). The highest BCUT2D eigenvalue weighted by Crippen LogP contribution is 2.24. The summed E-state index contributed by atoms with van der Waals surface area (Å²) in [5.74, 6) is 0.701. The monoisotopic (exact) mass is 417 g/mol. The van der Waals surface area contributed by atoms with Crippen molar-refractivity contribution < 1.29 is 13.2 Å². The van der Waals surface area contributed by atoms with Crippen LogP contribution in [-0.4, -0.2) is 41.1 Å². The molecule has 1 aromatic heterocycles. The molecule has 0 aliphatic rings. The number of aromatic nitrogens is 3. The third-order valence-corrected chi connectivity index (χ3v) is 5.30. The van der Waals surface area contributed by atoms with Crippen LogP contribution < -0.4 is 10.0 Å². The molecule has 0 atom stereocenters. The number of nitrogens with one attached hydrogen (secondary N) is 2. The quantitative estimate of drug-likeness (QED) is 0.573. The Morgan fingerprint density at radius 2 is 1.71 bits per heavy atom. The number of amides is 1. The molecule has 3 aromatic rings. The Bertz CT molecular complexity index is 1060. The summed E-state index contributed by atoms with van der Waals surface area (Å²) in [6.07, 6.45) is 1.10. The van der Waals surface area contributed by atoms with Crippen LogP contribution in [0.25, 0.3) is 11.4 Å². The first-order chi connectivity index (χ1) is 13.3. The fraction of sp³-hybridized carbons (Fsp3) is 0.167. The number of rotatable bonds is 7. The fourth-order valence-electron chi connectivity index (χ4n) is 2.44. The van der Waals surface area contributed by atoms with Gasteiger partial charge in [0.15, 0.2) is 11.0 Å². The van der Waals surface area contributed by atoms with Crippen molar-refractivity contribution in [3.63, 3.8) is 0 Å². The minimum atomic E-state index is -3.32. The average molecular weight is 418 g/mol. The smallest absolute Gasteiger partial charge is 0.234 e. The van der Waals surface area contributed by atoms with E-state index in [1.165, 1.54) is 11.8 Å². The number of nitrogens with zero attached hydrogens (tertiary/aromatic N) is 3. The van der Waals surface area contributed by atoms with Gasteiger partial charge in [-0.2, -0.15) is 0 Å². The molecule has 0 fully saturated rings. The highest BCUT2D eigenvalue weighted by Gasteiger charge is 2.13. The molecule has 0 bridgehead atoms. The summed E-state index contributed by atoms with van der Waals surface area (Å²) < 4.78 is 26.8. The number of benzene rings is 2. The van der Waals surface area contributed by atoms with E-state index < -0.39 is 10.0 Å². The Balaban J connectivity index is 1.64. The summed E-state index contributed by atoms with van der Waals surface area (Å²) in [5, 5.41) is 11.7. The van der Waals surface area contributed by atoms with Crippen LogP contribution in [0.15, 0.2) is 59.8 Å². The van der Waals surface area contributed by atoms with Crippen LogP contribution >= 0.6 is 11.8 Å². The lowest BCUT2D eigenvalue weighted by Gasteiger charge is -2.07. The molecule has 8 nitrogen and oxygen atoms in total. The predicted molar refractivity (Wildman–Crippen MR) is 111 cm³/mol. The van der Waals surface area contributed by atoms with Crippen molar-refractivity contribution in [3.05, 3.63) is 54.6 Å². The number of carbonyl (C=O) groups is 1. The maximum Gasteiger partial charge on any atom is 0.234 e. The summed E-state index contributed by atoms with van der Waals surface area (Å²) >= 11 is 1.29. The van der Waals surface area contributed by atoms with Gasteiger partial charge in [0, 0.05) is 24.0 Å². The van der Waals surface area contributed by atoms with Crippen molar-refractivity contribution in [3.8, 4) is 11.4 Å². The topological polar surface area (TPSA) is 106 Å². The van der Waals surface area contributed by atoms with Gasteiger partial charge >= 0.3 is 0 Å². The lowest BCUT2D eigenvalue weighted by atomic mass is 10.2. The maximum absolute atomic E-state index is 12.1. The maximum atomic E-state index is 12.1. The van der Waals surface area contributed by atoms with Crippen molar-refractivity contribution >= 4 is 39.1 Å². The lowest BCUT2D eigenvalue weighted by molar-refractivity contribution is -0.113. The van der Waals surface area contributed by atoms with E-state index in [-0.39, 0.29) is 11.7 Å². The van der Waals surface area contributed by atoms with Crippen LogP contribution in [0.1, 0.15) is 0 Å². The van der Waals surface area contributed by atoms with Gasteiger partial charge in [-0.05, 0) is 36.4 Å². The van der Waals surface area contributed by atoms with E-state index in [4.69, 9.17) is 0 Å². The summed E-state index contributed by atoms with van der Waals surface area (Å²) in [7, 11) is -1.51. The second kappa shape index (κ2) is 8.44. The van der Waals surface area contributed by atoms with E-state index in [9.17, 15) is 13.2 Å². The molecule has 1 amide bonds. The zero-order chi connectivity index (χ0) is 20.1. The number of hydrogen-bond donors (Lipinski definition) is 2. The number of anilines is 2. The molecule has 0 aliphatic heterocycles. The van der Waals surface area contributed by atoms with E-state index in [0.29, 0.717) is 16.7 Å². The van der Waals surface area contributed by atoms with Gasteiger partial charge in [0.25, 0.3) is 0 Å². The van der Waals surface area contributed by atoms with Crippen LogP contribution in [0, 0.1) is 0 Å². The minimum absolute atomic E-state index is 0.128. The molecule has 0 saturated heterocycles. The Morgan fingerprint density at radius 1 is 1.04 bits per heavy atom. The largest absolute Gasteiger partial charge is 0.325 e. The summed E-state index contributed by atoms with van der Waals surface area (Å²) in [6, 6.07) is 16.1. The number of carbonyl (C=O) groups excluding carboxylic acids is 1. The predicted octanol–water partition coefficient (Wildman–Crippen LogP) is 2.58. The molecule has 0 saturated carbocycles. The van der Waals surface area contributed by atoms with Gasteiger partial charge in [-0.3, -0.25) is 9.52 Å². The van der Waals surface area contributed by atoms with Crippen molar-refractivity contribution in [2.75, 3.05) is 22.0 Å². The van der Waals surface area contributed by atoms with Gasteiger partial charge in [-0.1, -0.05) is 30.0 Å². The molecule has 10 heteroatoms. The zero-order valence-electron chi connectivity index (χ0n) is 15.3. The highest BCUT2D eigenvalue weighted by atomic mass is 32.2. The molecule has 3 rings (SSSR count). The Hall–Kier alpha value is -2.85. The molecule has 0 aliphatic carbocycles. The first kappa shape index (κ1) is 19.9. The van der Waals surface area contributed by atoms with Crippen LogP contribution in [-0.2, 0) is 21.9 Å². The van der Waals surface area contributed by atoms with Crippen molar-refractivity contribution in [1.82, 2.24) is 14.8 Å². The first-order valence-corrected chi connectivity index (χ1v) is 11.1. The first-order valence-electron chi connectivity index (χ1n) is 8.27. The van der Waals surface area contributed by atoms with Gasteiger partial charge in [-0.25, -0.2) is 8.42 Å². The lowest BCUT2D eigenvalue weighted by Crippen LogP contribution is -2.14. The third-order valence-electron chi connectivity index (χ3n) is 3.67. The minimum Gasteiger partial charge on any atom is -0.325 e. The summed E-state index contributed by atoms with van der Waals surface area (Å²) in [6.45, 7) is 0. The second-order valence-electron chi connectivity index (χ2n) is 6.02. The van der Waals surface area contributed by atoms with E-state index >= 15 is 0 Å². The van der Waals surface area contributed by atoms with Gasteiger partial charge in [0.05, 0.1) is 12.0 Å². The summed E-state index contributed by atoms with van der Waals surface area (Å²) in [5.41, 5.74) is 2.00. The SMILES string of the molecule is Cn1c(SCC(=O)Nc2ccccc2)nnc1-c1ccc(NS(C)(=O)=O)cc1. The fourth-order valence-corrected chi connectivity index (χ4v) is 3.72. The number of hydrogen-bond acceptors (Lipinski definition) is 6. The van der Waals surface area contributed by atoms with E-state index in [1.54, 1.807) is 28.8 Å². The third kappa shape index (κ3) is 5.33. The highest BCUT2D eigenvalue weighted by molar-refractivity contribution is 7.99. The summed E-state index contributed by atoms with van der Waals surface area (Å²) in [4.78, 5) is 12.1. The molecular formula is C18H19N5O3S2. The molecule has 0 spiro atoms. The number of sulfonamides is 1. The Kier molecular flexibility index (Phi) is 6.00. The van der Waals surface area contributed by atoms with Gasteiger partial charge < -0.3 is 9.88 Å². The zero-order valence-corrected chi connectivity index (χ0v) is 16.9. The average Bonchev–Trinajstić information content (AvgIpc) is 3.01. The Morgan fingerprint density at radius 3 is 2.36 bits per heavy atom. The molecule has 0 unspecified atom stereocenters. The normalized spacial score (nSPS) is 11.2.